The zero-order valence-corrected chi connectivity index (χ0v) is 12.7. The number of carbonyl (C=O) groups excluding carboxylic acids is 1. The average molecular weight is 297 g/mol. The number of hydrogen-bond acceptors (Lipinski definition) is 1. The number of alkyl halides is 1. The van der Waals surface area contributed by atoms with Crippen LogP contribution in [0, 0.1) is 0 Å². The Kier molecular flexibility index (Phi) is 4.93. The van der Waals surface area contributed by atoms with E-state index >= 15 is 0 Å². The first-order valence-electron chi connectivity index (χ1n) is 6.21. The van der Waals surface area contributed by atoms with E-state index in [0.717, 1.165) is 18.4 Å². The molecule has 1 aromatic rings. The van der Waals surface area contributed by atoms with Crippen LogP contribution >= 0.6 is 15.9 Å². The van der Waals surface area contributed by atoms with Gasteiger partial charge in [-0.1, -0.05) is 67.9 Å². The Morgan fingerprint density at radius 1 is 1.24 bits per heavy atom. The molecule has 0 heterocycles. The van der Waals surface area contributed by atoms with E-state index in [1.54, 1.807) is 0 Å². The number of benzene rings is 1. The van der Waals surface area contributed by atoms with Crippen LogP contribution < -0.4 is 0 Å². The molecule has 0 N–H and O–H groups in total. The molecule has 1 unspecified atom stereocenters. The van der Waals surface area contributed by atoms with Gasteiger partial charge in [-0.2, -0.15) is 0 Å². The zero-order valence-electron chi connectivity index (χ0n) is 11.1. The summed E-state index contributed by atoms with van der Waals surface area (Å²) in [6, 6.07) is 8.04. The molecule has 0 saturated heterocycles. The monoisotopic (exact) mass is 296 g/mol. The molecule has 1 aromatic carbocycles. The fourth-order valence-electron chi connectivity index (χ4n) is 1.66. The fourth-order valence-corrected chi connectivity index (χ4v) is 1.92. The van der Waals surface area contributed by atoms with Gasteiger partial charge in [0.1, 0.15) is 0 Å². The molecule has 0 fully saturated rings. The Hall–Kier alpha value is -0.630. The Labute approximate surface area is 113 Å². The molecule has 2 heteroatoms. The van der Waals surface area contributed by atoms with Crippen LogP contribution in [-0.4, -0.2) is 10.6 Å². The van der Waals surface area contributed by atoms with E-state index in [4.69, 9.17) is 0 Å². The fraction of sp³-hybridized carbons (Fsp3) is 0.533. The molecule has 0 bridgehead atoms. The first-order valence-corrected chi connectivity index (χ1v) is 7.12. The maximum absolute atomic E-state index is 12.0. The molecule has 1 atom stereocenters. The van der Waals surface area contributed by atoms with Crippen LogP contribution in [0.1, 0.15) is 56.5 Å². The number of carbonyl (C=O) groups is 1. The molecule has 1 rings (SSSR count). The number of halogens is 1. The molecule has 0 amide bonds. The van der Waals surface area contributed by atoms with Crippen molar-refractivity contribution in [2.24, 2.45) is 0 Å². The smallest absolute Gasteiger partial charge is 0.176 e. The Bertz CT molecular complexity index is 378. The molecule has 0 aliphatic rings. The first kappa shape index (κ1) is 14.4. The molecule has 0 aliphatic heterocycles. The van der Waals surface area contributed by atoms with Crippen LogP contribution in [0.3, 0.4) is 0 Å². The zero-order chi connectivity index (χ0) is 13.1. The summed E-state index contributed by atoms with van der Waals surface area (Å²) in [6.07, 6.45) is 1.91. The summed E-state index contributed by atoms with van der Waals surface area (Å²) in [5.41, 5.74) is 2.27. The third kappa shape index (κ3) is 3.41. The summed E-state index contributed by atoms with van der Waals surface area (Å²) in [5.74, 6) is 0.174. The van der Waals surface area contributed by atoms with E-state index in [9.17, 15) is 4.79 Å². The maximum atomic E-state index is 12.0. The van der Waals surface area contributed by atoms with Crippen LogP contribution in [0.5, 0.6) is 0 Å². The van der Waals surface area contributed by atoms with Gasteiger partial charge in [-0.05, 0) is 23.8 Å². The normalized spacial score (nSPS) is 13.5. The molecule has 0 saturated carbocycles. The number of hydrogen-bond donors (Lipinski definition) is 0. The minimum atomic E-state index is -0.0625. The predicted molar refractivity (Wildman–Crippen MR) is 77.1 cm³/mol. The minimum Gasteiger partial charge on any atom is -0.293 e. The van der Waals surface area contributed by atoms with Gasteiger partial charge in [0, 0.05) is 5.56 Å². The second-order valence-electron chi connectivity index (χ2n) is 5.05. The van der Waals surface area contributed by atoms with Gasteiger partial charge in [0.25, 0.3) is 0 Å². The molecule has 1 nitrogen and oxygen atoms in total. The Balaban J connectivity index is 2.92. The third-order valence-corrected chi connectivity index (χ3v) is 4.54. The first-order chi connectivity index (χ1) is 7.92. The lowest BCUT2D eigenvalue weighted by Crippen LogP contribution is -2.17. The molecule has 0 spiro atoms. The van der Waals surface area contributed by atoms with E-state index in [0.29, 0.717) is 0 Å². The molecule has 94 valence electrons. The van der Waals surface area contributed by atoms with Crippen molar-refractivity contribution in [1.29, 1.82) is 0 Å². The predicted octanol–water partition coefficient (Wildman–Crippen LogP) is 4.73. The molecule has 17 heavy (non-hydrogen) atoms. The minimum absolute atomic E-state index is 0.0625. The van der Waals surface area contributed by atoms with Gasteiger partial charge < -0.3 is 0 Å². The lowest BCUT2D eigenvalue weighted by molar-refractivity contribution is 0.0990. The van der Waals surface area contributed by atoms with E-state index < -0.39 is 0 Å². The highest BCUT2D eigenvalue weighted by Gasteiger charge is 2.19. The van der Waals surface area contributed by atoms with E-state index in [-0.39, 0.29) is 16.0 Å². The lowest BCUT2D eigenvalue weighted by atomic mass is 9.82. The maximum Gasteiger partial charge on any atom is 0.176 e. The van der Waals surface area contributed by atoms with Crippen molar-refractivity contribution in [3.63, 3.8) is 0 Å². The Morgan fingerprint density at radius 2 is 1.76 bits per heavy atom. The number of Topliss-reactive ketones (excluding diaryl/α,β-unsaturated/α-hetero) is 1. The van der Waals surface area contributed by atoms with Crippen LogP contribution in [0.4, 0.5) is 0 Å². The second kappa shape index (κ2) is 5.81. The highest BCUT2D eigenvalue weighted by Crippen LogP contribution is 2.27. The van der Waals surface area contributed by atoms with Crippen molar-refractivity contribution in [3.05, 3.63) is 35.4 Å². The highest BCUT2D eigenvalue weighted by molar-refractivity contribution is 9.10. The average Bonchev–Trinajstić information content (AvgIpc) is 2.37. The van der Waals surface area contributed by atoms with E-state index in [1.807, 2.05) is 19.1 Å². The van der Waals surface area contributed by atoms with Crippen molar-refractivity contribution in [2.45, 2.75) is 50.8 Å². The van der Waals surface area contributed by atoms with E-state index in [1.165, 1.54) is 5.56 Å². The summed E-state index contributed by atoms with van der Waals surface area (Å²) in [6.45, 7) is 8.64. The van der Waals surface area contributed by atoms with Gasteiger partial charge in [0.15, 0.2) is 5.78 Å². The molecular weight excluding hydrogens is 276 g/mol. The standard InChI is InChI=1S/C15H21BrO/c1-5-13(16)14(17)11-7-9-12(10-8-11)15(3,4)6-2/h7-10,13H,5-6H2,1-4H3. The quantitative estimate of drug-likeness (QED) is 0.567. The van der Waals surface area contributed by atoms with Gasteiger partial charge in [0.2, 0.25) is 0 Å². The van der Waals surface area contributed by atoms with Crippen molar-refractivity contribution < 1.29 is 4.79 Å². The van der Waals surface area contributed by atoms with Crippen molar-refractivity contribution in [3.8, 4) is 0 Å². The van der Waals surface area contributed by atoms with Crippen molar-refractivity contribution in [2.75, 3.05) is 0 Å². The van der Waals surface area contributed by atoms with Crippen LogP contribution in [0.15, 0.2) is 24.3 Å². The second-order valence-corrected chi connectivity index (χ2v) is 6.16. The topological polar surface area (TPSA) is 17.1 Å². The van der Waals surface area contributed by atoms with Gasteiger partial charge in [-0.3, -0.25) is 4.79 Å². The van der Waals surface area contributed by atoms with Crippen LogP contribution in [0.2, 0.25) is 0 Å². The summed E-state index contributed by atoms with van der Waals surface area (Å²) in [4.78, 5) is 11.9. The SMILES string of the molecule is CCC(Br)C(=O)c1ccc(C(C)(C)CC)cc1. The van der Waals surface area contributed by atoms with Gasteiger partial charge in [0.05, 0.1) is 4.83 Å². The third-order valence-electron chi connectivity index (χ3n) is 3.48. The summed E-state index contributed by atoms with van der Waals surface area (Å²) < 4.78 is 0. The molecule has 0 aromatic heterocycles. The number of rotatable bonds is 5. The lowest BCUT2D eigenvalue weighted by Gasteiger charge is -2.23. The number of ketones is 1. The van der Waals surface area contributed by atoms with Crippen LogP contribution in [-0.2, 0) is 5.41 Å². The van der Waals surface area contributed by atoms with Gasteiger partial charge in [-0.25, -0.2) is 0 Å². The highest BCUT2D eigenvalue weighted by atomic mass is 79.9. The van der Waals surface area contributed by atoms with E-state index in [2.05, 4.69) is 48.8 Å². The summed E-state index contributed by atoms with van der Waals surface area (Å²) in [7, 11) is 0. The summed E-state index contributed by atoms with van der Waals surface area (Å²) in [5, 5.41) is 0. The van der Waals surface area contributed by atoms with Crippen LogP contribution in [0.25, 0.3) is 0 Å². The van der Waals surface area contributed by atoms with Gasteiger partial charge in [-0.15, -0.1) is 0 Å². The Morgan fingerprint density at radius 3 is 2.18 bits per heavy atom. The van der Waals surface area contributed by atoms with Crippen molar-refractivity contribution in [1.82, 2.24) is 0 Å². The van der Waals surface area contributed by atoms with Gasteiger partial charge >= 0.3 is 0 Å². The molecule has 0 radical (unpaired) electrons. The van der Waals surface area contributed by atoms with Crippen molar-refractivity contribution >= 4 is 21.7 Å². The largest absolute Gasteiger partial charge is 0.293 e. The molecule has 0 aliphatic carbocycles. The summed E-state index contributed by atoms with van der Waals surface area (Å²) >= 11 is 3.40. The molecular formula is C15H21BrO.